The van der Waals surface area contributed by atoms with Gasteiger partial charge in [-0.05, 0) is 28.1 Å². The molecule has 7 heteroatoms. The fourth-order valence-corrected chi connectivity index (χ4v) is 2.41. The van der Waals surface area contributed by atoms with E-state index in [0.29, 0.717) is 4.47 Å². The molecule has 0 unspecified atom stereocenters. The smallest absolute Gasteiger partial charge is 0.257 e. The minimum Gasteiger partial charge on any atom is -0.341 e. The highest BCUT2D eigenvalue weighted by Gasteiger charge is 2.19. The summed E-state index contributed by atoms with van der Waals surface area (Å²) in [5, 5.41) is 0. The van der Waals surface area contributed by atoms with Gasteiger partial charge in [-0.3, -0.25) is 4.79 Å². The summed E-state index contributed by atoms with van der Waals surface area (Å²) < 4.78 is 35.9. The van der Waals surface area contributed by atoms with Gasteiger partial charge in [-0.2, -0.15) is 0 Å². The second kappa shape index (κ2) is 5.79. The quantitative estimate of drug-likeness (QED) is 0.840. The number of rotatable bonds is 4. The van der Waals surface area contributed by atoms with E-state index in [0.717, 1.165) is 6.26 Å². The van der Waals surface area contributed by atoms with Gasteiger partial charge in [-0.1, -0.05) is 6.07 Å². The maximum Gasteiger partial charge on any atom is 0.257 e. The number of nitrogens with zero attached hydrogens (tertiary/aromatic N) is 1. The van der Waals surface area contributed by atoms with E-state index >= 15 is 0 Å². The molecule has 0 radical (unpaired) electrons. The third kappa shape index (κ3) is 4.06. The van der Waals surface area contributed by atoms with Crippen LogP contribution in [0.2, 0.25) is 0 Å². The van der Waals surface area contributed by atoms with Crippen LogP contribution in [-0.4, -0.2) is 44.8 Å². The summed E-state index contributed by atoms with van der Waals surface area (Å²) in [6, 6.07) is 4.22. The van der Waals surface area contributed by atoms with E-state index in [1.165, 1.54) is 24.1 Å². The summed E-state index contributed by atoms with van der Waals surface area (Å²) >= 11 is 3.10. The molecule has 0 aliphatic rings. The van der Waals surface area contributed by atoms with Gasteiger partial charge in [0.1, 0.15) is 15.7 Å². The topological polar surface area (TPSA) is 54.5 Å². The first-order valence-electron chi connectivity index (χ1n) is 5.09. The number of amides is 1. The van der Waals surface area contributed by atoms with Crippen LogP contribution in [0.5, 0.6) is 0 Å². The molecule has 0 saturated carbocycles. The van der Waals surface area contributed by atoms with Gasteiger partial charge in [0.05, 0.1) is 11.3 Å². The third-order valence-corrected chi connectivity index (χ3v) is 3.91. The molecule has 0 aliphatic carbocycles. The number of halogens is 2. The molecule has 1 amide bonds. The molecule has 1 aromatic rings. The summed E-state index contributed by atoms with van der Waals surface area (Å²) in [4.78, 5) is 13.1. The van der Waals surface area contributed by atoms with E-state index in [-0.39, 0.29) is 17.9 Å². The highest BCUT2D eigenvalue weighted by molar-refractivity contribution is 9.10. The summed E-state index contributed by atoms with van der Waals surface area (Å²) in [5.74, 6) is -1.34. The van der Waals surface area contributed by atoms with Gasteiger partial charge in [0, 0.05) is 24.3 Å². The lowest BCUT2D eigenvalue weighted by Gasteiger charge is -2.17. The number of benzene rings is 1. The molecule has 18 heavy (non-hydrogen) atoms. The van der Waals surface area contributed by atoms with Crippen molar-refractivity contribution in [1.82, 2.24) is 4.90 Å². The van der Waals surface area contributed by atoms with E-state index in [1.807, 2.05) is 0 Å². The van der Waals surface area contributed by atoms with Crippen LogP contribution in [0, 0.1) is 5.82 Å². The van der Waals surface area contributed by atoms with Crippen molar-refractivity contribution in [3.8, 4) is 0 Å². The number of sulfone groups is 1. The normalized spacial score (nSPS) is 11.3. The molecular weight excluding hydrogens is 325 g/mol. The zero-order chi connectivity index (χ0) is 13.9. The standard InChI is InChI=1S/C11H13BrFNO3S/c1-14(6-7-18(2,16)17)11(15)10-8(12)4-3-5-9(10)13/h3-5H,6-7H2,1-2H3. The van der Waals surface area contributed by atoms with Gasteiger partial charge in [-0.15, -0.1) is 0 Å². The fourth-order valence-electron chi connectivity index (χ4n) is 1.30. The average molecular weight is 338 g/mol. The Bertz CT molecular complexity index is 539. The average Bonchev–Trinajstić information content (AvgIpc) is 2.24. The number of hydrogen-bond donors (Lipinski definition) is 0. The van der Waals surface area contributed by atoms with Crippen molar-refractivity contribution < 1.29 is 17.6 Å². The largest absolute Gasteiger partial charge is 0.341 e. The van der Waals surface area contributed by atoms with Gasteiger partial charge in [0.2, 0.25) is 0 Å². The Morgan fingerprint density at radius 3 is 2.56 bits per heavy atom. The first kappa shape index (κ1) is 15.1. The van der Waals surface area contributed by atoms with Crippen molar-refractivity contribution in [3.05, 3.63) is 34.1 Å². The Hall–Kier alpha value is -0.950. The van der Waals surface area contributed by atoms with E-state index < -0.39 is 21.6 Å². The van der Waals surface area contributed by atoms with Crippen molar-refractivity contribution in [2.24, 2.45) is 0 Å². The van der Waals surface area contributed by atoms with Gasteiger partial charge >= 0.3 is 0 Å². The fraction of sp³-hybridized carbons (Fsp3) is 0.364. The van der Waals surface area contributed by atoms with Gasteiger partial charge in [0.25, 0.3) is 5.91 Å². The molecule has 1 rings (SSSR count). The number of carbonyl (C=O) groups is 1. The van der Waals surface area contributed by atoms with Crippen LogP contribution in [0.25, 0.3) is 0 Å². The Balaban J connectivity index is 2.87. The van der Waals surface area contributed by atoms with Crippen molar-refractivity contribution in [2.75, 3.05) is 25.6 Å². The van der Waals surface area contributed by atoms with E-state index in [2.05, 4.69) is 15.9 Å². The molecule has 0 N–H and O–H groups in total. The summed E-state index contributed by atoms with van der Waals surface area (Å²) in [6.07, 6.45) is 1.09. The Morgan fingerprint density at radius 2 is 2.06 bits per heavy atom. The second-order valence-electron chi connectivity index (χ2n) is 3.95. The van der Waals surface area contributed by atoms with E-state index in [1.54, 1.807) is 6.07 Å². The molecule has 0 heterocycles. The Morgan fingerprint density at radius 1 is 1.44 bits per heavy atom. The molecular formula is C11H13BrFNO3S. The maximum atomic E-state index is 13.5. The van der Waals surface area contributed by atoms with Crippen LogP contribution < -0.4 is 0 Å². The van der Waals surface area contributed by atoms with Crippen molar-refractivity contribution in [1.29, 1.82) is 0 Å². The van der Waals surface area contributed by atoms with Gasteiger partial charge < -0.3 is 4.90 Å². The van der Waals surface area contributed by atoms with Crippen molar-refractivity contribution in [2.45, 2.75) is 0 Å². The van der Waals surface area contributed by atoms with Crippen molar-refractivity contribution >= 4 is 31.7 Å². The third-order valence-electron chi connectivity index (χ3n) is 2.32. The second-order valence-corrected chi connectivity index (χ2v) is 7.07. The SMILES string of the molecule is CN(CCS(C)(=O)=O)C(=O)c1c(F)cccc1Br. The minimum absolute atomic E-state index is 0.0262. The molecule has 0 aromatic heterocycles. The van der Waals surface area contributed by atoms with E-state index in [4.69, 9.17) is 0 Å². The molecule has 0 fully saturated rings. The monoisotopic (exact) mass is 337 g/mol. The predicted octanol–water partition coefficient (Wildman–Crippen LogP) is 1.70. The molecule has 0 bridgehead atoms. The molecule has 1 aromatic carbocycles. The highest BCUT2D eigenvalue weighted by Crippen LogP contribution is 2.20. The zero-order valence-corrected chi connectivity index (χ0v) is 12.4. The lowest BCUT2D eigenvalue weighted by molar-refractivity contribution is 0.0798. The molecule has 0 spiro atoms. The summed E-state index contributed by atoms with van der Waals surface area (Å²) in [5.41, 5.74) is -0.0894. The lowest BCUT2D eigenvalue weighted by atomic mass is 10.2. The molecule has 0 atom stereocenters. The van der Waals surface area contributed by atoms with Crippen LogP contribution in [0.15, 0.2) is 22.7 Å². The van der Waals surface area contributed by atoms with Crippen LogP contribution in [0.4, 0.5) is 4.39 Å². The predicted molar refractivity (Wildman–Crippen MR) is 70.8 cm³/mol. The zero-order valence-electron chi connectivity index (χ0n) is 9.98. The van der Waals surface area contributed by atoms with Crippen LogP contribution in [0.3, 0.4) is 0 Å². The summed E-state index contributed by atoms with van der Waals surface area (Å²) in [6.45, 7) is 0.0262. The maximum absolute atomic E-state index is 13.5. The molecule has 4 nitrogen and oxygen atoms in total. The van der Waals surface area contributed by atoms with Crippen LogP contribution >= 0.6 is 15.9 Å². The lowest BCUT2D eigenvalue weighted by Crippen LogP contribution is -2.32. The minimum atomic E-state index is -3.15. The van der Waals surface area contributed by atoms with Gasteiger partial charge in [-0.25, -0.2) is 12.8 Å². The first-order valence-corrected chi connectivity index (χ1v) is 7.95. The Kier molecular flexibility index (Phi) is 4.86. The first-order chi connectivity index (χ1) is 8.22. The number of hydrogen-bond acceptors (Lipinski definition) is 3. The van der Waals surface area contributed by atoms with Crippen LogP contribution in [-0.2, 0) is 9.84 Å². The number of carbonyl (C=O) groups excluding carboxylic acids is 1. The van der Waals surface area contributed by atoms with Crippen molar-refractivity contribution in [3.63, 3.8) is 0 Å². The molecule has 0 saturated heterocycles. The Labute approximate surface area is 114 Å². The molecule has 0 aliphatic heterocycles. The van der Waals surface area contributed by atoms with Gasteiger partial charge in [0.15, 0.2) is 0 Å². The molecule has 100 valence electrons. The van der Waals surface area contributed by atoms with Crippen LogP contribution in [0.1, 0.15) is 10.4 Å². The highest BCUT2D eigenvalue weighted by atomic mass is 79.9. The van der Waals surface area contributed by atoms with E-state index in [9.17, 15) is 17.6 Å². The summed E-state index contributed by atoms with van der Waals surface area (Å²) in [7, 11) is -1.72.